The summed E-state index contributed by atoms with van der Waals surface area (Å²) in [6.45, 7) is 2.43. The Balaban J connectivity index is 2.12. The highest BCUT2D eigenvalue weighted by Crippen LogP contribution is 2.11. The molecule has 0 atom stereocenters. The quantitative estimate of drug-likeness (QED) is 0.514. The number of pyridine rings is 1. The van der Waals surface area contributed by atoms with E-state index in [9.17, 15) is 29.3 Å². The van der Waals surface area contributed by atoms with Crippen LogP contribution in [0.4, 0.5) is 10.5 Å². The number of aromatic nitrogens is 1. The van der Waals surface area contributed by atoms with Crippen LogP contribution in [0, 0.1) is 10.1 Å². The average molecular weight is 381 g/mol. The van der Waals surface area contributed by atoms with E-state index in [2.05, 4.69) is 0 Å². The molecule has 1 saturated heterocycles. The van der Waals surface area contributed by atoms with Crippen LogP contribution in [0.5, 0.6) is 0 Å². The number of ether oxygens (including phenoxy) is 1. The Hall–Kier alpha value is -3.44. The number of carbonyl (C=O) groups excluding carboxylic acids is 3. The highest BCUT2D eigenvalue weighted by atomic mass is 16.6. The number of hydrogen-bond donors (Lipinski definition) is 1. The fourth-order valence-corrected chi connectivity index (χ4v) is 2.61. The molecule has 2 rings (SSSR count). The zero-order chi connectivity index (χ0) is 20.1. The predicted octanol–water partition coefficient (Wildman–Crippen LogP) is -0.844. The summed E-state index contributed by atoms with van der Waals surface area (Å²) in [7, 11) is 0. The zero-order valence-electron chi connectivity index (χ0n) is 14.6. The lowest BCUT2D eigenvalue weighted by Gasteiger charge is -2.34. The van der Waals surface area contributed by atoms with E-state index >= 15 is 0 Å². The molecule has 0 aliphatic carbocycles. The summed E-state index contributed by atoms with van der Waals surface area (Å²) in [6.07, 6.45) is 0.423. The minimum Gasteiger partial charge on any atom is -0.450 e. The second-order valence-electron chi connectivity index (χ2n) is 5.73. The summed E-state index contributed by atoms with van der Waals surface area (Å²) in [5.41, 5.74) is 3.10. The maximum absolute atomic E-state index is 12.4. The molecular weight excluding hydrogens is 362 g/mol. The van der Waals surface area contributed by atoms with Crippen LogP contribution in [0.15, 0.2) is 17.1 Å². The van der Waals surface area contributed by atoms with E-state index in [0.29, 0.717) is 0 Å². The molecule has 3 amide bonds. The normalized spacial score (nSPS) is 14.0. The third-order valence-electron chi connectivity index (χ3n) is 4.01. The largest absolute Gasteiger partial charge is 0.450 e. The third-order valence-corrected chi connectivity index (χ3v) is 4.01. The Morgan fingerprint density at radius 2 is 1.81 bits per heavy atom. The molecule has 2 heterocycles. The van der Waals surface area contributed by atoms with Crippen molar-refractivity contribution in [2.24, 2.45) is 5.73 Å². The van der Waals surface area contributed by atoms with Gasteiger partial charge in [0, 0.05) is 32.2 Å². The van der Waals surface area contributed by atoms with E-state index in [1.165, 1.54) is 9.80 Å². The van der Waals surface area contributed by atoms with Crippen molar-refractivity contribution in [3.05, 3.63) is 38.3 Å². The molecule has 1 aliphatic rings. The van der Waals surface area contributed by atoms with Crippen LogP contribution in [-0.2, 0) is 16.1 Å². The lowest BCUT2D eigenvalue weighted by Crippen LogP contribution is -2.51. The molecule has 146 valence electrons. The van der Waals surface area contributed by atoms with Gasteiger partial charge >= 0.3 is 6.09 Å². The van der Waals surface area contributed by atoms with Gasteiger partial charge < -0.3 is 20.3 Å². The van der Waals surface area contributed by atoms with Crippen molar-refractivity contribution in [2.75, 3.05) is 32.8 Å². The number of nitro groups is 1. The van der Waals surface area contributed by atoms with E-state index in [0.717, 1.165) is 16.8 Å². The zero-order valence-corrected chi connectivity index (χ0v) is 14.6. The van der Waals surface area contributed by atoms with Crippen LogP contribution in [0.3, 0.4) is 0 Å². The molecule has 1 aromatic heterocycles. The Morgan fingerprint density at radius 1 is 1.22 bits per heavy atom. The summed E-state index contributed by atoms with van der Waals surface area (Å²) in [5.74, 6) is -1.59. The van der Waals surface area contributed by atoms with Gasteiger partial charge in [-0.05, 0) is 6.92 Å². The molecule has 12 nitrogen and oxygen atoms in total. The molecule has 0 aromatic carbocycles. The second kappa shape index (κ2) is 8.29. The standard InChI is InChI=1S/C15H19N5O7/c1-2-27-15(24)18-5-3-17(4-6-18)12(21)9-19-8-10(20(25)26)7-11(13(16)22)14(19)23/h7-8H,2-6,9H2,1H3,(H2,16,22). The molecule has 0 spiro atoms. The molecule has 0 bridgehead atoms. The van der Waals surface area contributed by atoms with E-state index < -0.39 is 46.2 Å². The van der Waals surface area contributed by atoms with Crippen LogP contribution in [-0.4, -0.2) is 70.0 Å². The highest BCUT2D eigenvalue weighted by molar-refractivity contribution is 5.93. The van der Waals surface area contributed by atoms with Gasteiger partial charge in [0.2, 0.25) is 5.91 Å². The van der Waals surface area contributed by atoms with E-state index in [-0.39, 0.29) is 32.8 Å². The number of piperazine rings is 1. The molecule has 12 heteroatoms. The fourth-order valence-electron chi connectivity index (χ4n) is 2.61. The average Bonchev–Trinajstić information content (AvgIpc) is 2.63. The first-order valence-corrected chi connectivity index (χ1v) is 8.12. The Bertz CT molecular complexity index is 826. The number of primary amides is 1. The van der Waals surface area contributed by atoms with Crippen molar-refractivity contribution < 1.29 is 24.0 Å². The molecule has 27 heavy (non-hydrogen) atoms. The van der Waals surface area contributed by atoms with Gasteiger partial charge in [0.05, 0.1) is 17.7 Å². The SMILES string of the molecule is CCOC(=O)N1CCN(C(=O)Cn2cc([N+](=O)[O-])cc(C(N)=O)c2=O)CC1. The smallest absolute Gasteiger partial charge is 0.409 e. The lowest BCUT2D eigenvalue weighted by molar-refractivity contribution is -0.385. The summed E-state index contributed by atoms with van der Waals surface area (Å²) in [5, 5.41) is 11.0. The second-order valence-corrected chi connectivity index (χ2v) is 5.73. The molecule has 1 aliphatic heterocycles. The van der Waals surface area contributed by atoms with E-state index in [1.54, 1.807) is 6.92 Å². The van der Waals surface area contributed by atoms with Gasteiger partial charge in [-0.1, -0.05) is 0 Å². The van der Waals surface area contributed by atoms with Gasteiger partial charge in [-0.25, -0.2) is 4.79 Å². The van der Waals surface area contributed by atoms with Crippen molar-refractivity contribution in [3.8, 4) is 0 Å². The van der Waals surface area contributed by atoms with Gasteiger partial charge in [-0.2, -0.15) is 0 Å². The third kappa shape index (κ3) is 4.59. The summed E-state index contributed by atoms with van der Waals surface area (Å²) >= 11 is 0. The maximum atomic E-state index is 12.4. The predicted molar refractivity (Wildman–Crippen MR) is 91.0 cm³/mol. The molecule has 2 N–H and O–H groups in total. The van der Waals surface area contributed by atoms with Gasteiger partial charge in [-0.15, -0.1) is 0 Å². The molecule has 0 saturated carbocycles. The number of carbonyl (C=O) groups is 3. The Morgan fingerprint density at radius 3 is 2.33 bits per heavy atom. The van der Waals surface area contributed by atoms with E-state index in [1.807, 2.05) is 0 Å². The number of rotatable bonds is 5. The van der Waals surface area contributed by atoms with Crippen LogP contribution in [0.1, 0.15) is 17.3 Å². The maximum Gasteiger partial charge on any atom is 0.409 e. The number of nitrogens with zero attached hydrogens (tertiary/aromatic N) is 4. The van der Waals surface area contributed by atoms with Crippen LogP contribution in [0.25, 0.3) is 0 Å². The monoisotopic (exact) mass is 381 g/mol. The molecule has 0 unspecified atom stereocenters. The topological polar surface area (TPSA) is 158 Å². The van der Waals surface area contributed by atoms with Crippen molar-refractivity contribution >= 4 is 23.6 Å². The first-order valence-electron chi connectivity index (χ1n) is 8.12. The lowest BCUT2D eigenvalue weighted by atomic mass is 10.2. The molecule has 1 fully saturated rings. The minimum absolute atomic E-state index is 0.226. The molecular formula is C15H19N5O7. The van der Waals surface area contributed by atoms with Crippen molar-refractivity contribution in [1.82, 2.24) is 14.4 Å². The first kappa shape index (κ1) is 19.9. The Kier molecular flexibility index (Phi) is 6.11. The first-order chi connectivity index (χ1) is 12.7. The number of hydrogen-bond acceptors (Lipinski definition) is 7. The van der Waals surface area contributed by atoms with Crippen LogP contribution in [0.2, 0.25) is 0 Å². The van der Waals surface area contributed by atoms with Crippen LogP contribution < -0.4 is 11.3 Å². The summed E-state index contributed by atoms with van der Waals surface area (Å²) < 4.78 is 5.68. The van der Waals surface area contributed by atoms with Crippen molar-refractivity contribution in [1.29, 1.82) is 0 Å². The number of amides is 3. The Labute approximate surface area is 153 Å². The van der Waals surface area contributed by atoms with E-state index in [4.69, 9.17) is 10.5 Å². The van der Waals surface area contributed by atoms with Gasteiger partial charge in [0.1, 0.15) is 12.1 Å². The fraction of sp³-hybridized carbons (Fsp3) is 0.467. The summed E-state index contributed by atoms with van der Waals surface area (Å²) in [6, 6.07) is 0.782. The number of nitrogens with two attached hydrogens (primary N) is 1. The minimum atomic E-state index is -1.12. The van der Waals surface area contributed by atoms with Crippen LogP contribution >= 0.6 is 0 Å². The van der Waals surface area contributed by atoms with Gasteiger partial charge in [0.25, 0.3) is 17.2 Å². The van der Waals surface area contributed by atoms with Crippen molar-refractivity contribution in [3.63, 3.8) is 0 Å². The summed E-state index contributed by atoms with van der Waals surface area (Å²) in [4.78, 5) is 60.7. The highest BCUT2D eigenvalue weighted by Gasteiger charge is 2.26. The van der Waals surface area contributed by atoms with Crippen molar-refractivity contribution in [2.45, 2.75) is 13.5 Å². The van der Waals surface area contributed by atoms with Gasteiger partial charge in [-0.3, -0.25) is 29.1 Å². The molecule has 0 radical (unpaired) electrons. The van der Waals surface area contributed by atoms with Gasteiger partial charge in [0.15, 0.2) is 0 Å². The molecule has 1 aromatic rings.